The number of fused-ring (bicyclic) bond motifs is 1. The number of likely N-dealkylation sites (tertiary alicyclic amines) is 2. The first-order chi connectivity index (χ1) is 19.9. The van der Waals surface area contributed by atoms with Gasteiger partial charge in [-0.2, -0.15) is 13.2 Å². The molecule has 0 radical (unpaired) electrons. The van der Waals surface area contributed by atoms with Crippen molar-refractivity contribution in [3.05, 3.63) is 52.5 Å². The number of aliphatic hydroxyl groups excluding tert-OH is 1. The number of alkyl halides is 3. The van der Waals surface area contributed by atoms with Crippen molar-refractivity contribution in [1.82, 2.24) is 9.80 Å². The van der Waals surface area contributed by atoms with Crippen molar-refractivity contribution in [3.8, 4) is 17.2 Å². The van der Waals surface area contributed by atoms with Crippen LogP contribution in [0.1, 0.15) is 35.2 Å². The van der Waals surface area contributed by atoms with E-state index in [4.69, 9.17) is 25.8 Å². The minimum absolute atomic E-state index is 0.0778. The molecule has 0 unspecified atom stereocenters. The smallest absolute Gasteiger partial charge is 0.490 e. The molecule has 2 atom stereocenters. The highest BCUT2D eigenvalue weighted by Crippen LogP contribution is 2.42. The topological polar surface area (TPSA) is 97.8 Å². The van der Waals surface area contributed by atoms with E-state index >= 15 is 0 Å². The van der Waals surface area contributed by atoms with Crippen molar-refractivity contribution in [2.75, 3.05) is 46.4 Å². The minimum Gasteiger partial charge on any atom is -0.497 e. The van der Waals surface area contributed by atoms with Crippen LogP contribution in [0.5, 0.6) is 17.2 Å². The van der Waals surface area contributed by atoms with E-state index in [9.17, 15) is 27.9 Å². The van der Waals surface area contributed by atoms with Crippen molar-refractivity contribution in [2.45, 2.75) is 49.7 Å². The highest BCUT2D eigenvalue weighted by atomic mass is 35.5. The van der Waals surface area contributed by atoms with E-state index in [1.54, 1.807) is 12.1 Å². The summed E-state index contributed by atoms with van der Waals surface area (Å²) in [5, 5.41) is 11.4. The highest BCUT2D eigenvalue weighted by molar-refractivity contribution is 6.30. The molecule has 2 saturated heterocycles. The van der Waals surface area contributed by atoms with E-state index in [0.29, 0.717) is 17.3 Å². The summed E-state index contributed by atoms with van der Waals surface area (Å²) in [6, 6.07) is 10.3. The third-order valence-corrected chi connectivity index (χ3v) is 8.12. The Bertz CT molecular complexity index is 1320. The lowest BCUT2D eigenvalue weighted by atomic mass is 9.87. The second-order valence-corrected chi connectivity index (χ2v) is 11.3. The van der Waals surface area contributed by atoms with Crippen LogP contribution < -0.4 is 14.2 Å². The summed E-state index contributed by atoms with van der Waals surface area (Å²) in [6.07, 6.45) is -4.52. The maximum absolute atomic E-state index is 13.3. The Kier molecular flexibility index (Phi) is 8.77. The van der Waals surface area contributed by atoms with Gasteiger partial charge in [0, 0.05) is 56.9 Å². The van der Waals surface area contributed by atoms with Crippen LogP contribution in [0.3, 0.4) is 0 Å². The molecule has 0 bridgehead atoms. The number of piperidine rings is 1. The van der Waals surface area contributed by atoms with Crippen LogP contribution in [0.15, 0.2) is 36.4 Å². The van der Waals surface area contributed by atoms with E-state index in [1.165, 1.54) is 18.1 Å². The summed E-state index contributed by atoms with van der Waals surface area (Å²) in [7, 11) is 1.43. The average Bonchev–Trinajstić information content (AvgIpc) is 3.56. The lowest BCUT2D eigenvalue weighted by molar-refractivity contribution is -0.204. The number of halogens is 4. The van der Waals surface area contributed by atoms with Gasteiger partial charge < -0.3 is 33.9 Å². The maximum Gasteiger partial charge on any atom is 0.490 e. The number of nitrogens with zero attached hydrogens (tertiary/aromatic N) is 2. The SMILES string of the molecule is COc1ccc(OC[C@@H](O)CN2CCC3(CC2)Cc2cc(Cl)ccc2O3)c(C(=O)N2CC[C@H](OC(=O)C(F)(F)F)C2)c1. The molecule has 2 aromatic carbocycles. The number of esters is 1. The fraction of sp³-hybridized carbons (Fsp3) is 0.517. The number of methoxy groups -OCH3 is 1. The molecule has 5 rings (SSSR count). The van der Waals surface area contributed by atoms with Crippen LogP contribution in [-0.2, 0) is 16.0 Å². The maximum atomic E-state index is 13.3. The predicted molar refractivity (Wildman–Crippen MR) is 145 cm³/mol. The van der Waals surface area contributed by atoms with Crippen LogP contribution in [0.4, 0.5) is 13.2 Å². The van der Waals surface area contributed by atoms with Crippen molar-refractivity contribution >= 4 is 23.5 Å². The number of benzene rings is 2. The van der Waals surface area contributed by atoms with E-state index in [2.05, 4.69) is 9.64 Å². The molecule has 3 aliphatic rings. The van der Waals surface area contributed by atoms with Crippen molar-refractivity contribution in [2.24, 2.45) is 0 Å². The van der Waals surface area contributed by atoms with Crippen molar-refractivity contribution < 1.29 is 46.8 Å². The molecule has 9 nitrogen and oxygen atoms in total. The molecule has 13 heteroatoms. The van der Waals surface area contributed by atoms with Gasteiger partial charge in [0.15, 0.2) is 0 Å². The van der Waals surface area contributed by atoms with E-state index in [-0.39, 0.29) is 43.0 Å². The van der Waals surface area contributed by atoms with E-state index in [0.717, 1.165) is 43.7 Å². The van der Waals surface area contributed by atoms with Gasteiger partial charge in [0.25, 0.3) is 5.91 Å². The van der Waals surface area contributed by atoms with Crippen LogP contribution in [-0.4, -0.2) is 97.2 Å². The Hall–Kier alpha value is -3.22. The first-order valence-electron chi connectivity index (χ1n) is 13.7. The molecular weight excluding hydrogens is 581 g/mol. The fourth-order valence-corrected chi connectivity index (χ4v) is 5.88. The molecule has 2 aromatic rings. The lowest BCUT2D eigenvalue weighted by Gasteiger charge is -2.39. The number of carbonyl (C=O) groups excluding carboxylic acids is 2. The van der Waals surface area contributed by atoms with Crippen LogP contribution in [0.25, 0.3) is 0 Å². The molecule has 0 saturated carbocycles. The number of β-amino-alcohol motifs (C(OH)–C–C–N with tert-alkyl or cyclic N) is 1. The van der Waals surface area contributed by atoms with Crippen LogP contribution in [0.2, 0.25) is 5.02 Å². The van der Waals surface area contributed by atoms with Crippen LogP contribution in [0, 0.1) is 0 Å². The predicted octanol–water partition coefficient (Wildman–Crippen LogP) is 3.88. The zero-order valence-corrected chi connectivity index (χ0v) is 23.7. The second-order valence-electron chi connectivity index (χ2n) is 10.9. The summed E-state index contributed by atoms with van der Waals surface area (Å²) < 4.78 is 59.6. The summed E-state index contributed by atoms with van der Waals surface area (Å²) in [4.78, 5) is 27.9. The first-order valence-corrected chi connectivity index (χ1v) is 14.1. The van der Waals surface area contributed by atoms with Gasteiger partial charge in [0.1, 0.15) is 41.7 Å². The molecule has 228 valence electrons. The molecule has 0 aromatic heterocycles. The number of aliphatic hydroxyl groups is 1. The van der Waals surface area contributed by atoms with Gasteiger partial charge in [-0.05, 0) is 42.0 Å². The third kappa shape index (κ3) is 6.87. The summed E-state index contributed by atoms with van der Waals surface area (Å²) >= 11 is 6.13. The Balaban J connectivity index is 1.14. The zero-order valence-electron chi connectivity index (χ0n) is 23.0. The number of hydrogen-bond acceptors (Lipinski definition) is 8. The van der Waals surface area contributed by atoms with Gasteiger partial charge in [0.2, 0.25) is 0 Å². The molecule has 42 heavy (non-hydrogen) atoms. The molecule has 3 aliphatic heterocycles. The molecule has 1 spiro atoms. The van der Waals surface area contributed by atoms with Gasteiger partial charge in [-0.3, -0.25) is 4.79 Å². The van der Waals surface area contributed by atoms with Gasteiger partial charge in [-0.1, -0.05) is 11.6 Å². The van der Waals surface area contributed by atoms with Gasteiger partial charge in [-0.25, -0.2) is 4.79 Å². The minimum atomic E-state index is -5.10. The largest absolute Gasteiger partial charge is 0.497 e. The summed E-state index contributed by atoms with van der Waals surface area (Å²) in [6.45, 7) is 1.68. The number of rotatable bonds is 8. The molecule has 1 amide bonds. The van der Waals surface area contributed by atoms with Crippen molar-refractivity contribution in [3.63, 3.8) is 0 Å². The quantitative estimate of drug-likeness (QED) is 0.449. The number of hydrogen-bond donors (Lipinski definition) is 1. The number of carbonyl (C=O) groups is 2. The number of amides is 1. The molecule has 2 fully saturated rings. The Morgan fingerprint density at radius 3 is 2.64 bits per heavy atom. The second kappa shape index (κ2) is 12.2. The van der Waals surface area contributed by atoms with E-state index in [1.807, 2.05) is 18.2 Å². The summed E-state index contributed by atoms with van der Waals surface area (Å²) in [5.41, 5.74) is 0.978. The molecular formula is C29H32ClF3N2O7. The lowest BCUT2D eigenvalue weighted by Crippen LogP contribution is -2.49. The van der Waals surface area contributed by atoms with Gasteiger partial charge in [-0.15, -0.1) is 0 Å². The zero-order chi connectivity index (χ0) is 30.1. The van der Waals surface area contributed by atoms with Crippen molar-refractivity contribution in [1.29, 1.82) is 0 Å². The monoisotopic (exact) mass is 612 g/mol. The highest BCUT2D eigenvalue weighted by Gasteiger charge is 2.44. The third-order valence-electron chi connectivity index (χ3n) is 7.88. The van der Waals surface area contributed by atoms with Gasteiger partial charge >= 0.3 is 12.1 Å². The average molecular weight is 613 g/mol. The van der Waals surface area contributed by atoms with Crippen LogP contribution >= 0.6 is 11.6 Å². The standard InChI is InChI=1S/C29H32ClF3N2O7/c1-39-21-3-5-25(23(13-21)26(37)35-9-6-22(16-35)41-27(38)29(31,32)33)40-17-20(36)15-34-10-7-28(8-11-34)14-18-12-19(30)2-4-24(18)42-28/h2-5,12-13,20,22,36H,6-11,14-17H2,1H3/t20-,22-/m0/s1. The fourth-order valence-electron chi connectivity index (χ4n) is 5.69. The normalized spacial score (nSPS) is 20.6. The Morgan fingerprint density at radius 1 is 1.17 bits per heavy atom. The number of ether oxygens (including phenoxy) is 4. The summed E-state index contributed by atoms with van der Waals surface area (Å²) in [5.74, 6) is -1.34. The molecule has 3 heterocycles. The van der Waals surface area contributed by atoms with E-state index < -0.39 is 30.3 Å². The Labute approximate surface area is 246 Å². The Morgan fingerprint density at radius 2 is 1.93 bits per heavy atom. The molecule has 1 N–H and O–H groups in total. The molecule has 0 aliphatic carbocycles. The van der Waals surface area contributed by atoms with Gasteiger partial charge in [0.05, 0.1) is 19.2 Å². The first kappa shape index (κ1) is 30.2.